The Morgan fingerprint density at radius 1 is 1.27 bits per heavy atom. The van der Waals surface area contributed by atoms with E-state index in [0.29, 0.717) is 13.1 Å². The smallest absolute Gasteiger partial charge is 0.331 e. The van der Waals surface area contributed by atoms with Crippen molar-refractivity contribution in [1.82, 2.24) is 4.90 Å². The Morgan fingerprint density at radius 3 is 2.07 bits per heavy atom. The van der Waals surface area contributed by atoms with Gasteiger partial charge in [-0.05, 0) is 6.92 Å². The minimum atomic E-state index is -1.10. The molecule has 1 amide bonds. The van der Waals surface area contributed by atoms with Crippen LogP contribution in [-0.2, 0) is 9.59 Å². The molecule has 0 unspecified atom stereocenters. The van der Waals surface area contributed by atoms with Crippen LogP contribution in [0.25, 0.3) is 0 Å². The van der Waals surface area contributed by atoms with Gasteiger partial charge in [0.1, 0.15) is 0 Å². The minimum absolute atomic E-state index is 0.0122. The van der Waals surface area contributed by atoms with E-state index in [1.165, 1.54) is 11.8 Å². The molecule has 0 aromatic rings. The van der Waals surface area contributed by atoms with Gasteiger partial charge in [0.25, 0.3) is 0 Å². The molecule has 0 spiro atoms. The van der Waals surface area contributed by atoms with Gasteiger partial charge in [0.15, 0.2) is 0 Å². The predicted octanol–water partition coefficient (Wildman–Crippen LogP) is 1.22. The molecule has 0 saturated heterocycles. The van der Waals surface area contributed by atoms with Crippen LogP contribution < -0.4 is 0 Å². The molecule has 82 valence electrons. The Balaban J connectivity index is 4.63. The molecule has 0 aromatic heterocycles. The first-order valence-electron chi connectivity index (χ1n) is 4.45. The number of rotatable bonds is 6. The summed E-state index contributed by atoms with van der Waals surface area (Å²) in [4.78, 5) is 23.5. The van der Waals surface area contributed by atoms with E-state index in [1.807, 2.05) is 0 Å². The molecule has 0 heterocycles. The summed E-state index contributed by atoms with van der Waals surface area (Å²) in [7, 11) is 0. The molecule has 4 heteroatoms. The molecule has 0 fully saturated rings. The van der Waals surface area contributed by atoms with Crippen molar-refractivity contribution in [3.63, 3.8) is 0 Å². The number of carbonyl (C=O) groups excluding carboxylic acids is 1. The monoisotopic (exact) mass is 209 g/mol. The summed E-state index contributed by atoms with van der Waals surface area (Å²) in [5.41, 5.74) is 0.0122. The molecule has 0 atom stereocenters. The summed E-state index contributed by atoms with van der Waals surface area (Å²) in [6.07, 6.45) is 4.24. The van der Waals surface area contributed by atoms with Crippen LogP contribution in [0.1, 0.15) is 6.92 Å². The molecule has 0 bridgehead atoms. The first kappa shape index (κ1) is 13.2. The molecular weight excluding hydrogens is 194 g/mol. The maximum absolute atomic E-state index is 11.5. The zero-order valence-electron chi connectivity index (χ0n) is 8.77. The topological polar surface area (TPSA) is 57.6 Å². The van der Waals surface area contributed by atoms with E-state index in [9.17, 15) is 9.59 Å². The van der Waals surface area contributed by atoms with Crippen LogP contribution in [0.2, 0.25) is 0 Å². The van der Waals surface area contributed by atoms with E-state index in [2.05, 4.69) is 13.2 Å². The van der Waals surface area contributed by atoms with Crippen LogP contribution in [0.15, 0.2) is 37.0 Å². The molecule has 15 heavy (non-hydrogen) atoms. The molecule has 1 N–H and O–H groups in total. The van der Waals surface area contributed by atoms with E-state index >= 15 is 0 Å². The average molecular weight is 209 g/mol. The van der Waals surface area contributed by atoms with Crippen molar-refractivity contribution in [2.24, 2.45) is 0 Å². The molecule has 0 radical (unpaired) electrons. The molecule has 0 aromatic carbocycles. The van der Waals surface area contributed by atoms with E-state index in [-0.39, 0.29) is 11.5 Å². The molecule has 4 nitrogen and oxygen atoms in total. The highest BCUT2D eigenvalue weighted by atomic mass is 16.4. The molecule has 0 rings (SSSR count). The fraction of sp³-hybridized carbons (Fsp3) is 0.273. The van der Waals surface area contributed by atoms with Crippen LogP contribution in [0.4, 0.5) is 0 Å². The summed E-state index contributed by atoms with van der Waals surface area (Å²) in [6.45, 7) is 9.14. The van der Waals surface area contributed by atoms with Gasteiger partial charge in [-0.3, -0.25) is 4.79 Å². The first-order chi connectivity index (χ1) is 7.02. The molecule has 0 saturated carbocycles. The van der Waals surface area contributed by atoms with Crippen LogP contribution in [0, 0.1) is 0 Å². The van der Waals surface area contributed by atoms with Gasteiger partial charge < -0.3 is 10.0 Å². The van der Waals surface area contributed by atoms with Crippen molar-refractivity contribution < 1.29 is 14.7 Å². The summed E-state index contributed by atoms with van der Waals surface area (Å²) < 4.78 is 0. The SMILES string of the molecule is C=CCN(CC=C)C(=O)/C=C(\C)C(=O)O. The number of carboxylic acids is 1. The second-order valence-corrected chi connectivity index (χ2v) is 2.95. The fourth-order valence-electron chi connectivity index (χ4n) is 0.904. The number of hydrogen-bond donors (Lipinski definition) is 1. The van der Waals surface area contributed by atoms with Crippen LogP contribution in [0.3, 0.4) is 0 Å². The summed E-state index contributed by atoms with van der Waals surface area (Å²) in [5.74, 6) is -1.45. The summed E-state index contributed by atoms with van der Waals surface area (Å²) in [6, 6.07) is 0. The number of nitrogens with zero attached hydrogens (tertiary/aromatic N) is 1. The van der Waals surface area contributed by atoms with E-state index in [0.717, 1.165) is 6.08 Å². The Labute approximate surface area is 89.2 Å². The van der Waals surface area contributed by atoms with Gasteiger partial charge in [-0.25, -0.2) is 4.79 Å². The minimum Gasteiger partial charge on any atom is -0.478 e. The highest BCUT2D eigenvalue weighted by Crippen LogP contribution is 1.98. The predicted molar refractivity (Wildman–Crippen MR) is 58.4 cm³/mol. The van der Waals surface area contributed by atoms with Gasteiger partial charge in [0.05, 0.1) is 0 Å². The largest absolute Gasteiger partial charge is 0.478 e. The number of aliphatic carboxylic acids is 1. The third-order valence-corrected chi connectivity index (χ3v) is 1.69. The summed E-state index contributed by atoms with van der Waals surface area (Å²) in [5, 5.41) is 8.59. The van der Waals surface area contributed by atoms with Gasteiger partial charge in [-0.15, -0.1) is 13.2 Å². The van der Waals surface area contributed by atoms with E-state index in [4.69, 9.17) is 5.11 Å². The maximum atomic E-state index is 11.5. The van der Waals surface area contributed by atoms with Crippen LogP contribution in [0.5, 0.6) is 0 Å². The molecular formula is C11H15NO3. The number of carbonyl (C=O) groups is 2. The Bertz CT molecular complexity index is 295. The number of carboxylic acid groups (broad SMARTS) is 1. The van der Waals surface area contributed by atoms with E-state index < -0.39 is 5.97 Å². The number of hydrogen-bond acceptors (Lipinski definition) is 2. The molecule has 0 aliphatic carbocycles. The second kappa shape index (κ2) is 6.59. The lowest BCUT2D eigenvalue weighted by Crippen LogP contribution is -2.30. The Morgan fingerprint density at radius 2 is 1.73 bits per heavy atom. The number of amides is 1. The third kappa shape index (κ3) is 4.81. The van der Waals surface area contributed by atoms with Gasteiger partial charge in [0.2, 0.25) is 5.91 Å². The zero-order valence-corrected chi connectivity index (χ0v) is 8.77. The standard InChI is InChI=1S/C11H15NO3/c1-4-6-12(7-5-2)10(13)8-9(3)11(14)15/h4-5,8H,1-2,6-7H2,3H3,(H,14,15)/b9-8+. The molecule has 0 aliphatic rings. The first-order valence-corrected chi connectivity index (χ1v) is 4.45. The van der Waals surface area contributed by atoms with Gasteiger partial charge in [-0.1, -0.05) is 12.2 Å². The fourth-order valence-corrected chi connectivity index (χ4v) is 0.904. The zero-order chi connectivity index (χ0) is 11.8. The van der Waals surface area contributed by atoms with Gasteiger partial charge >= 0.3 is 5.97 Å². The van der Waals surface area contributed by atoms with Crippen molar-refractivity contribution in [3.05, 3.63) is 37.0 Å². The summed E-state index contributed by atoms with van der Waals surface area (Å²) >= 11 is 0. The van der Waals surface area contributed by atoms with Crippen molar-refractivity contribution in [3.8, 4) is 0 Å². The highest BCUT2D eigenvalue weighted by Gasteiger charge is 2.10. The van der Waals surface area contributed by atoms with E-state index in [1.54, 1.807) is 12.2 Å². The van der Waals surface area contributed by atoms with Crippen molar-refractivity contribution in [2.45, 2.75) is 6.92 Å². The molecule has 0 aliphatic heterocycles. The Hall–Kier alpha value is -1.84. The third-order valence-electron chi connectivity index (χ3n) is 1.69. The van der Waals surface area contributed by atoms with Crippen molar-refractivity contribution >= 4 is 11.9 Å². The van der Waals surface area contributed by atoms with Crippen molar-refractivity contribution in [2.75, 3.05) is 13.1 Å². The van der Waals surface area contributed by atoms with Gasteiger partial charge in [0, 0.05) is 24.7 Å². The van der Waals surface area contributed by atoms with Crippen LogP contribution in [-0.4, -0.2) is 35.0 Å². The average Bonchev–Trinajstić information content (AvgIpc) is 2.17. The lowest BCUT2D eigenvalue weighted by Gasteiger charge is -2.17. The highest BCUT2D eigenvalue weighted by molar-refractivity contribution is 5.97. The Kier molecular flexibility index (Phi) is 5.78. The van der Waals surface area contributed by atoms with Gasteiger partial charge in [-0.2, -0.15) is 0 Å². The second-order valence-electron chi connectivity index (χ2n) is 2.95. The normalized spacial score (nSPS) is 10.6. The maximum Gasteiger partial charge on any atom is 0.331 e. The van der Waals surface area contributed by atoms with Crippen LogP contribution >= 0.6 is 0 Å². The van der Waals surface area contributed by atoms with Crippen molar-refractivity contribution in [1.29, 1.82) is 0 Å². The quantitative estimate of drug-likeness (QED) is 0.528. The lowest BCUT2D eigenvalue weighted by molar-refractivity contribution is -0.133. The lowest BCUT2D eigenvalue weighted by atomic mass is 10.2.